The molecule has 240 valence electrons. The molecule has 1 heterocycles. The second kappa shape index (κ2) is 15.6. The average Bonchev–Trinajstić information content (AvgIpc) is 3.46. The topological polar surface area (TPSA) is 111 Å². The molecule has 0 saturated carbocycles. The number of hydrogen-bond acceptors (Lipinski definition) is 8. The van der Waals surface area contributed by atoms with Gasteiger partial charge >= 0.3 is 0 Å². The average molecular weight is 753 g/mol. The van der Waals surface area contributed by atoms with Crippen LogP contribution < -0.4 is 25.1 Å². The number of aliphatic imine (C=N–C) groups is 1. The lowest BCUT2D eigenvalue weighted by Crippen LogP contribution is -2.53. The van der Waals surface area contributed by atoms with Crippen LogP contribution in [0.4, 0.5) is 0 Å². The molecule has 1 aliphatic heterocycles. The highest BCUT2D eigenvalue weighted by Crippen LogP contribution is 2.43. The molecule has 2 atom stereocenters. The summed E-state index contributed by atoms with van der Waals surface area (Å²) in [5.41, 5.74) is 7.96. The number of rotatable bonds is 14. The Hall–Kier alpha value is -3.90. The smallest absolute Gasteiger partial charge is 0.266 e. The predicted molar refractivity (Wildman–Crippen MR) is 183 cm³/mol. The third-order valence-electron chi connectivity index (χ3n) is 7.53. The van der Waals surface area contributed by atoms with E-state index < -0.39 is 11.6 Å². The van der Waals surface area contributed by atoms with Crippen molar-refractivity contribution in [2.45, 2.75) is 31.0 Å². The van der Waals surface area contributed by atoms with Gasteiger partial charge < -0.3 is 24.1 Å². The Morgan fingerprint density at radius 3 is 2.20 bits per heavy atom. The van der Waals surface area contributed by atoms with Crippen LogP contribution >= 0.6 is 31.9 Å². The highest BCUT2D eigenvalue weighted by Gasteiger charge is 2.53. The summed E-state index contributed by atoms with van der Waals surface area (Å²) in [6.07, 6.45) is 0.0827. The molecule has 0 bridgehead atoms. The summed E-state index contributed by atoms with van der Waals surface area (Å²) in [7, 11) is 3.17. The Bertz CT molecular complexity index is 1650. The van der Waals surface area contributed by atoms with Crippen molar-refractivity contribution in [1.29, 1.82) is 0 Å². The fourth-order valence-corrected chi connectivity index (χ4v) is 5.69. The van der Waals surface area contributed by atoms with Crippen LogP contribution in [0.3, 0.4) is 0 Å². The van der Waals surface area contributed by atoms with Crippen LogP contribution in [-0.2, 0) is 22.5 Å². The molecule has 4 aromatic rings. The monoisotopic (exact) mass is 751 g/mol. The number of methoxy groups -OCH3 is 2. The van der Waals surface area contributed by atoms with Gasteiger partial charge in [0.25, 0.3) is 5.91 Å². The van der Waals surface area contributed by atoms with Crippen molar-refractivity contribution < 1.29 is 28.8 Å². The number of nitrogens with zero attached hydrogens (tertiary/aromatic N) is 1. The van der Waals surface area contributed by atoms with E-state index >= 15 is 0 Å². The molecule has 4 aromatic carbocycles. The van der Waals surface area contributed by atoms with Gasteiger partial charge in [-0.05, 0) is 77.4 Å². The Labute approximate surface area is 285 Å². The standard InChI is InChI=1S/C35H35Br2N3O6/c1-43-30-17-6-24(20-31(30)44-2)22-38-40-34(42)35(21-23-4-11-27(36)12-5-23)32(25-7-13-28(37)14-8-25)46-33(39-35)26-9-15-29(16-10-26)45-19-3-18-41/h4-17,20,32,38,41H,3,18-19,21-22H2,1-2H3,(H,40,42)/t32-,35-/m0/s1. The first-order valence-electron chi connectivity index (χ1n) is 14.7. The number of hydrogen-bond donors (Lipinski definition) is 3. The van der Waals surface area contributed by atoms with Crippen molar-refractivity contribution in [3.05, 3.63) is 122 Å². The maximum Gasteiger partial charge on any atom is 0.266 e. The van der Waals surface area contributed by atoms with Crippen molar-refractivity contribution in [2.75, 3.05) is 27.4 Å². The third kappa shape index (κ3) is 7.90. The summed E-state index contributed by atoms with van der Waals surface area (Å²) < 4.78 is 24.9. The van der Waals surface area contributed by atoms with Crippen molar-refractivity contribution in [3.63, 3.8) is 0 Å². The first-order valence-corrected chi connectivity index (χ1v) is 16.3. The molecule has 0 spiro atoms. The number of carbonyl (C=O) groups excluding carboxylic acids is 1. The van der Waals surface area contributed by atoms with Crippen LogP contribution in [0.2, 0.25) is 0 Å². The van der Waals surface area contributed by atoms with E-state index in [9.17, 15) is 4.79 Å². The maximum absolute atomic E-state index is 14.4. The highest BCUT2D eigenvalue weighted by atomic mass is 79.9. The van der Waals surface area contributed by atoms with E-state index in [2.05, 4.69) is 42.7 Å². The van der Waals surface area contributed by atoms with Crippen LogP contribution in [0.5, 0.6) is 17.2 Å². The Morgan fingerprint density at radius 1 is 0.891 bits per heavy atom. The molecule has 1 amide bonds. The zero-order chi connectivity index (χ0) is 32.5. The number of ether oxygens (including phenoxy) is 4. The second-order valence-electron chi connectivity index (χ2n) is 10.6. The molecular weight excluding hydrogens is 718 g/mol. The van der Waals surface area contributed by atoms with E-state index in [0.29, 0.717) is 48.3 Å². The van der Waals surface area contributed by atoms with E-state index in [1.165, 1.54) is 0 Å². The van der Waals surface area contributed by atoms with Gasteiger partial charge in [-0.1, -0.05) is 62.2 Å². The number of amides is 1. The lowest BCUT2D eigenvalue weighted by atomic mass is 9.82. The fraction of sp³-hybridized carbons (Fsp3) is 0.257. The number of aliphatic hydroxyl groups excluding tert-OH is 1. The molecule has 0 aromatic heterocycles. The molecule has 3 N–H and O–H groups in total. The summed E-state index contributed by atoms with van der Waals surface area (Å²) in [6.45, 7) is 0.802. The number of halogens is 2. The lowest BCUT2D eigenvalue weighted by Gasteiger charge is -2.31. The maximum atomic E-state index is 14.4. The molecule has 0 fully saturated rings. The molecule has 11 heteroatoms. The largest absolute Gasteiger partial charge is 0.494 e. The molecule has 1 aliphatic rings. The first kappa shape index (κ1) is 33.5. The van der Waals surface area contributed by atoms with Crippen LogP contribution in [0.1, 0.15) is 34.8 Å². The Morgan fingerprint density at radius 2 is 1.54 bits per heavy atom. The van der Waals surface area contributed by atoms with Gasteiger partial charge in [-0.15, -0.1) is 0 Å². The normalized spacial score (nSPS) is 17.2. The summed E-state index contributed by atoms with van der Waals surface area (Å²) in [6, 6.07) is 28.5. The molecule has 9 nitrogen and oxygen atoms in total. The summed E-state index contributed by atoms with van der Waals surface area (Å²) in [5, 5.41) is 9.07. The zero-order valence-electron chi connectivity index (χ0n) is 25.5. The van der Waals surface area contributed by atoms with Gasteiger partial charge in [0.05, 0.1) is 20.8 Å². The third-order valence-corrected chi connectivity index (χ3v) is 8.59. The number of hydrazine groups is 1. The van der Waals surface area contributed by atoms with Crippen LogP contribution in [0, 0.1) is 0 Å². The molecule has 0 aliphatic carbocycles. The lowest BCUT2D eigenvalue weighted by molar-refractivity contribution is -0.130. The molecule has 0 radical (unpaired) electrons. The molecule has 0 saturated heterocycles. The number of aliphatic hydroxyl groups is 1. The van der Waals surface area contributed by atoms with Crippen LogP contribution in [0.25, 0.3) is 0 Å². The van der Waals surface area contributed by atoms with Crippen molar-refractivity contribution >= 4 is 43.7 Å². The van der Waals surface area contributed by atoms with Crippen LogP contribution in [0.15, 0.2) is 105 Å². The molecule has 0 unspecified atom stereocenters. The molecular formula is C35H35Br2N3O6. The van der Waals surface area contributed by atoms with Crippen molar-refractivity contribution in [3.8, 4) is 17.2 Å². The Kier molecular flexibility index (Phi) is 11.3. The second-order valence-corrected chi connectivity index (χ2v) is 12.5. The van der Waals surface area contributed by atoms with E-state index in [-0.39, 0.29) is 18.9 Å². The summed E-state index contributed by atoms with van der Waals surface area (Å²) >= 11 is 7.03. The van der Waals surface area contributed by atoms with Gasteiger partial charge in [0.2, 0.25) is 5.90 Å². The molecule has 5 rings (SSSR count). The predicted octanol–water partition coefficient (Wildman–Crippen LogP) is 6.31. The number of nitrogens with one attached hydrogen (secondary N) is 2. The minimum Gasteiger partial charge on any atom is -0.494 e. The number of benzene rings is 4. The minimum absolute atomic E-state index is 0.0613. The van der Waals surface area contributed by atoms with Gasteiger partial charge in [0.15, 0.2) is 23.1 Å². The summed E-state index contributed by atoms with van der Waals surface area (Å²) in [4.78, 5) is 19.5. The van der Waals surface area contributed by atoms with Crippen molar-refractivity contribution in [2.24, 2.45) is 4.99 Å². The Balaban J connectivity index is 1.49. The quantitative estimate of drug-likeness (QED) is 0.102. The van der Waals surface area contributed by atoms with Gasteiger partial charge in [-0.3, -0.25) is 10.2 Å². The first-order chi connectivity index (χ1) is 22.3. The van der Waals surface area contributed by atoms with Gasteiger partial charge in [0, 0.05) is 40.5 Å². The minimum atomic E-state index is -1.36. The molecule has 46 heavy (non-hydrogen) atoms. The number of carbonyl (C=O) groups is 1. The van der Waals surface area contributed by atoms with E-state index in [1.807, 2.05) is 91.0 Å². The van der Waals surface area contributed by atoms with Gasteiger partial charge in [0.1, 0.15) is 5.75 Å². The van der Waals surface area contributed by atoms with Gasteiger partial charge in [-0.25, -0.2) is 10.4 Å². The van der Waals surface area contributed by atoms with E-state index in [0.717, 1.165) is 25.6 Å². The highest BCUT2D eigenvalue weighted by molar-refractivity contribution is 9.10. The van der Waals surface area contributed by atoms with Crippen molar-refractivity contribution in [1.82, 2.24) is 10.9 Å². The van der Waals surface area contributed by atoms with Crippen LogP contribution in [-0.4, -0.2) is 49.9 Å². The SMILES string of the molecule is COc1ccc(CNNC(=O)[C@@]2(Cc3ccc(Br)cc3)N=C(c3ccc(OCCCO)cc3)O[C@H]2c2ccc(Br)cc2)cc1OC. The van der Waals surface area contributed by atoms with E-state index in [1.54, 1.807) is 14.2 Å². The van der Waals surface area contributed by atoms with Gasteiger partial charge in [-0.2, -0.15) is 0 Å². The summed E-state index contributed by atoms with van der Waals surface area (Å²) in [5.74, 6) is 1.89. The zero-order valence-corrected chi connectivity index (χ0v) is 28.6. The fourth-order valence-electron chi connectivity index (χ4n) is 5.16. The van der Waals surface area contributed by atoms with E-state index in [4.69, 9.17) is 29.0 Å².